The van der Waals surface area contributed by atoms with Gasteiger partial charge in [0, 0.05) is 31.1 Å². The van der Waals surface area contributed by atoms with Gasteiger partial charge in [-0.2, -0.15) is 5.10 Å². The number of methoxy groups -OCH3 is 1. The molecule has 31 heavy (non-hydrogen) atoms. The normalized spacial score (nSPS) is 14.6. The lowest BCUT2D eigenvalue weighted by Crippen LogP contribution is -2.38. The van der Waals surface area contributed by atoms with Gasteiger partial charge in [0.05, 0.1) is 13.7 Å². The molecule has 0 bridgehead atoms. The maximum absolute atomic E-state index is 12.9. The Morgan fingerprint density at radius 1 is 1.10 bits per heavy atom. The topological polar surface area (TPSA) is 69.4 Å². The van der Waals surface area contributed by atoms with Crippen molar-refractivity contribution in [2.24, 2.45) is 0 Å². The quantitative estimate of drug-likeness (QED) is 0.614. The molecule has 1 amide bonds. The van der Waals surface area contributed by atoms with Gasteiger partial charge in [-0.1, -0.05) is 36.4 Å². The summed E-state index contributed by atoms with van der Waals surface area (Å²) in [6, 6.07) is 17.1. The van der Waals surface area contributed by atoms with Gasteiger partial charge < -0.3 is 9.64 Å². The predicted octanol–water partition coefficient (Wildman–Crippen LogP) is 3.14. The van der Waals surface area contributed by atoms with Crippen molar-refractivity contribution in [3.05, 3.63) is 82.0 Å². The van der Waals surface area contributed by atoms with Crippen LogP contribution in [-0.2, 0) is 13.1 Å². The van der Waals surface area contributed by atoms with Crippen LogP contribution in [0.1, 0.15) is 47.4 Å². The molecule has 1 aromatic heterocycles. The van der Waals surface area contributed by atoms with E-state index in [0.717, 1.165) is 24.2 Å². The van der Waals surface area contributed by atoms with E-state index in [9.17, 15) is 9.59 Å². The van der Waals surface area contributed by atoms with Crippen molar-refractivity contribution >= 4 is 5.91 Å². The molecule has 0 aliphatic carbocycles. The molecule has 1 aliphatic heterocycles. The fraction of sp³-hybridized carbons (Fsp3) is 0.375. The summed E-state index contributed by atoms with van der Waals surface area (Å²) in [5, 5.41) is 4.70. The first-order chi connectivity index (χ1) is 15.1. The minimum atomic E-state index is -0.0729. The van der Waals surface area contributed by atoms with Crippen LogP contribution in [0.3, 0.4) is 0 Å². The van der Waals surface area contributed by atoms with E-state index < -0.39 is 0 Å². The molecule has 0 radical (unpaired) electrons. The molecule has 0 N–H and O–H groups in total. The number of piperidine rings is 1. The Balaban J connectivity index is 1.47. The average molecular weight is 421 g/mol. The van der Waals surface area contributed by atoms with Crippen molar-refractivity contribution in [3.8, 4) is 5.75 Å². The first-order valence-corrected chi connectivity index (χ1v) is 10.8. The van der Waals surface area contributed by atoms with Crippen molar-refractivity contribution in [1.82, 2.24) is 19.2 Å². The predicted molar refractivity (Wildman–Crippen MR) is 119 cm³/mol. The lowest BCUT2D eigenvalue weighted by molar-refractivity contribution is 0.0709. The molecule has 4 rings (SSSR count). The van der Waals surface area contributed by atoms with E-state index in [1.807, 2.05) is 60.4 Å². The number of carbonyl (C=O) groups excluding carboxylic acids is 1. The maximum Gasteiger partial charge on any atom is 0.346 e. The van der Waals surface area contributed by atoms with Crippen molar-refractivity contribution in [3.63, 3.8) is 0 Å². The van der Waals surface area contributed by atoms with Gasteiger partial charge in [-0.05, 0) is 43.5 Å². The summed E-state index contributed by atoms with van der Waals surface area (Å²) in [5.41, 5.74) is 1.61. The molecule has 0 unspecified atom stereocenters. The number of likely N-dealkylation sites (tertiary alicyclic amines) is 1. The Labute approximate surface area is 181 Å². The van der Waals surface area contributed by atoms with Crippen LogP contribution in [0.25, 0.3) is 0 Å². The molecule has 0 spiro atoms. The van der Waals surface area contributed by atoms with Gasteiger partial charge >= 0.3 is 5.69 Å². The van der Waals surface area contributed by atoms with Gasteiger partial charge in [0.15, 0.2) is 0 Å². The molecule has 7 nitrogen and oxygen atoms in total. The summed E-state index contributed by atoms with van der Waals surface area (Å²) in [4.78, 5) is 27.6. The van der Waals surface area contributed by atoms with Gasteiger partial charge in [-0.3, -0.25) is 9.36 Å². The smallest absolute Gasteiger partial charge is 0.346 e. The summed E-state index contributed by atoms with van der Waals surface area (Å²) in [5.74, 6) is 1.69. The van der Waals surface area contributed by atoms with Crippen molar-refractivity contribution in [1.29, 1.82) is 0 Å². The number of ether oxygens (including phenoxy) is 1. The van der Waals surface area contributed by atoms with Gasteiger partial charge in [0.1, 0.15) is 11.6 Å². The van der Waals surface area contributed by atoms with Gasteiger partial charge in [-0.25, -0.2) is 9.48 Å². The number of aromatic nitrogens is 3. The highest BCUT2D eigenvalue weighted by molar-refractivity contribution is 5.94. The van der Waals surface area contributed by atoms with Crippen molar-refractivity contribution < 1.29 is 9.53 Å². The highest BCUT2D eigenvalue weighted by atomic mass is 16.5. The van der Waals surface area contributed by atoms with E-state index in [0.29, 0.717) is 37.5 Å². The average Bonchev–Trinajstić information content (AvgIpc) is 3.14. The van der Waals surface area contributed by atoms with E-state index >= 15 is 0 Å². The van der Waals surface area contributed by atoms with E-state index in [2.05, 4.69) is 0 Å². The highest BCUT2D eigenvalue weighted by Crippen LogP contribution is 2.27. The maximum atomic E-state index is 12.9. The SMILES string of the molecule is CCn1c(C2CCN(C(=O)c3cccc(OC)c3)CC2)nn(Cc2ccccc2)c1=O. The summed E-state index contributed by atoms with van der Waals surface area (Å²) in [7, 11) is 1.60. The van der Waals surface area contributed by atoms with E-state index in [1.54, 1.807) is 22.4 Å². The molecule has 1 saturated heterocycles. The van der Waals surface area contributed by atoms with Crippen LogP contribution in [0.15, 0.2) is 59.4 Å². The number of carbonyl (C=O) groups is 1. The molecule has 162 valence electrons. The zero-order valence-corrected chi connectivity index (χ0v) is 18.0. The second-order valence-corrected chi connectivity index (χ2v) is 7.83. The van der Waals surface area contributed by atoms with Crippen LogP contribution in [0.4, 0.5) is 0 Å². The summed E-state index contributed by atoms with van der Waals surface area (Å²) in [6.07, 6.45) is 1.58. The van der Waals surface area contributed by atoms with Crippen LogP contribution in [0.2, 0.25) is 0 Å². The minimum absolute atomic E-state index is 0.0137. The zero-order valence-electron chi connectivity index (χ0n) is 18.0. The van der Waals surface area contributed by atoms with Crippen LogP contribution >= 0.6 is 0 Å². The Hall–Kier alpha value is -3.35. The number of hydrogen-bond acceptors (Lipinski definition) is 4. The van der Waals surface area contributed by atoms with Crippen LogP contribution in [-0.4, -0.2) is 45.4 Å². The summed E-state index contributed by atoms with van der Waals surface area (Å²) >= 11 is 0. The van der Waals surface area contributed by atoms with Gasteiger partial charge in [-0.15, -0.1) is 0 Å². The molecule has 0 atom stereocenters. The number of amides is 1. The Morgan fingerprint density at radius 3 is 2.52 bits per heavy atom. The molecule has 3 aromatic rings. The number of rotatable bonds is 6. The lowest BCUT2D eigenvalue weighted by Gasteiger charge is -2.31. The van der Waals surface area contributed by atoms with E-state index in [4.69, 9.17) is 9.84 Å². The third-order valence-corrected chi connectivity index (χ3v) is 5.91. The summed E-state index contributed by atoms with van der Waals surface area (Å²) in [6.45, 7) is 4.31. The van der Waals surface area contributed by atoms with Crippen molar-refractivity contribution in [2.45, 2.75) is 38.8 Å². The largest absolute Gasteiger partial charge is 0.497 e. The van der Waals surface area contributed by atoms with E-state index in [1.165, 1.54) is 0 Å². The second kappa shape index (κ2) is 9.20. The fourth-order valence-corrected chi connectivity index (χ4v) is 4.20. The van der Waals surface area contributed by atoms with Crippen LogP contribution < -0.4 is 10.4 Å². The Bertz CT molecular complexity index is 1100. The zero-order chi connectivity index (χ0) is 21.8. The second-order valence-electron chi connectivity index (χ2n) is 7.83. The number of hydrogen-bond donors (Lipinski definition) is 0. The molecular weight excluding hydrogens is 392 g/mol. The Morgan fingerprint density at radius 2 is 1.84 bits per heavy atom. The molecule has 0 saturated carbocycles. The van der Waals surface area contributed by atoms with Crippen LogP contribution in [0, 0.1) is 0 Å². The number of nitrogens with zero attached hydrogens (tertiary/aromatic N) is 4. The first-order valence-electron chi connectivity index (χ1n) is 10.8. The molecular formula is C24H28N4O3. The summed E-state index contributed by atoms with van der Waals surface area (Å²) < 4.78 is 8.56. The monoisotopic (exact) mass is 420 g/mol. The Kier molecular flexibility index (Phi) is 6.21. The van der Waals surface area contributed by atoms with Gasteiger partial charge in [0.2, 0.25) is 0 Å². The number of benzene rings is 2. The van der Waals surface area contributed by atoms with Crippen molar-refractivity contribution in [2.75, 3.05) is 20.2 Å². The molecule has 7 heteroatoms. The minimum Gasteiger partial charge on any atom is -0.497 e. The fourth-order valence-electron chi connectivity index (χ4n) is 4.20. The molecule has 2 heterocycles. The third-order valence-electron chi connectivity index (χ3n) is 5.91. The lowest BCUT2D eigenvalue weighted by atomic mass is 9.95. The molecule has 2 aromatic carbocycles. The highest BCUT2D eigenvalue weighted by Gasteiger charge is 2.29. The van der Waals surface area contributed by atoms with E-state index in [-0.39, 0.29) is 17.5 Å². The van der Waals surface area contributed by atoms with Gasteiger partial charge in [0.25, 0.3) is 5.91 Å². The first kappa shape index (κ1) is 20.9. The standard InChI is InChI=1S/C24H28N4O3/c1-3-27-22(25-28(24(27)30)17-18-8-5-4-6-9-18)19-12-14-26(15-13-19)23(29)20-10-7-11-21(16-20)31-2/h4-11,16,19H,3,12-15,17H2,1-2H3. The molecule has 1 fully saturated rings. The third kappa shape index (κ3) is 4.40. The molecule has 1 aliphatic rings. The van der Waals surface area contributed by atoms with Crippen LogP contribution in [0.5, 0.6) is 5.75 Å².